The van der Waals surface area contributed by atoms with E-state index in [4.69, 9.17) is 9.47 Å². The van der Waals surface area contributed by atoms with Crippen LogP contribution in [0.2, 0.25) is 0 Å². The SMILES string of the molecule is CCOC(=O)N1CCC(N2C(=O)c3ccccc3[C@@H]2Nc2ccccc2OCC)CC1. The maximum absolute atomic E-state index is 13.4. The first-order valence-corrected chi connectivity index (χ1v) is 11.0. The van der Waals surface area contributed by atoms with Crippen molar-refractivity contribution in [3.8, 4) is 5.75 Å². The number of nitrogens with one attached hydrogen (secondary N) is 1. The second-order valence-corrected chi connectivity index (χ2v) is 7.69. The molecular formula is C24H29N3O4. The molecule has 2 aliphatic rings. The number of carbonyl (C=O) groups is 2. The number of ether oxygens (including phenoxy) is 2. The van der Waals surface area contributed by atoms with E-state index in [2.05, 4.69) is 5.32 Å². The van der Waals surface area contributed by atoms with E-state index >= 15 is 0 Å². The summed E-state index contributed by atoms with van der Waals surface area (Å²) in [5.41, 5.74) is 2.54. The summed E-state index contributed by atoms with van der Waals surface area (Å²) in [7, 11) is 0. The van der Waals surface area contributed by atoms with Crippen molar-refractivity contribution in [3.05, 3.63) is 59.7 Å². The van der Waals surface area contributed by atoms with Crippen LogP contribution in [0.5, 0.6) is 5.75 Å². The Balaban J connectivity index is 1.58. The van der Waals surface area contributed by atoms with E-state index in [9.17, 15) is 9.59 Å². The molecule has 0 bridgehead atoms. The van der Waals surface area contributed by atoms with Crippen LogP contribution >= 0.6 is 0 Å². The summed E-state index contributed by atoms with van der Waals surface area (Å²) < 4.78 is 10.9. The average Bonchev–Trinajstić information content (AvgIpc) is 3.07. The van der Waals surface area contributed by atoms with Crippen LogP contribution in [-0.4, -0.2) is 54.1 Å². The largest absolute Gasteiger partial charge is 0.492 e. The normalized spacial score (nSPS) is 18.6. The van der Waals surface area contributed by atoms with Gasteiger partial charge in [0.25, 0.3) is 5.91 Å². The monoisotopic (exact) mass is 423 g/mol. The molecule has 2 heterocycles. The molecule has 0 unspecified atom stereocenters. The third kappa shape index (κ3) is 4.17. The molecule has 2 aromatic carbocycles. The van der Waals surface area contributed by atoms with Crippen LogP contribution in [0, 0.1) is 0 Å². The fourth-order valence-corrected chi connectivity index (χ4v) is 4.42. The smallest absolute Gasteiger partial charge is 0.409 e. The van der Waals surface area contributed by atoms with Crippen molar-refractivity contribution in [2.75, 3.05) is 31.6 Å². The molecule has 1 saturated heterocycles. The first-order chi connectivity index (χ1) is 15.1. The lowest BCUT2D eigenvalue weighted by atomic mass is 10.0. The summed E-state index contributed by atoms with van der Waals surface area (Å²) in [6.45, 7) is 5.84. The third-order valence-corrected chi connectivity index (χ3v) is 5.86. The Bertz CT molecular complexity index is 940. The first-order valence-electron chi connectivity index (χ1n) is 11.0. The molecule has 2 aromatic rings. The summed E-state index contributed by atoms with van der Waals surface area (Å²) >= 11 is 0. The summed E-state index contributed by atoms with van der Waals surface area (Å²) in [6, 6.07) is 15.6. The van der Waals surface area contributed by atoms with Gasteiger partial charge in [0.05, 0.1) is 18.9 Å². The van der Waals surface area contributed by atoms with Crippen molar-refractivity contribution < 1.29 is 19.1 Å². The van der Waals surface area contributed by atoms with Crippen LogP contribution < -0.4 is 10.1 Å². The van der Waals surface area contributed by atoms with E-state index in [1.807, 2.05) is 60.4 Å². The molecular weight excluding hydrogens is 394 g/mol. The minimum absolute atomic E-state index is 0.0246. The lowest BCUT2D eigenvalue weighted by Crippen LogP contribution is -2.49. The number of amides is 2. The van der Waals surface area contributed by atoms with Crippen molar-refractivity contribution in [1.29, 1.82) is 0 Å². The lowest BCUT2D eigenvalue weighted by molar-refractivity contribution is 0.0496. The Labute approximate surface area is 182 Å². The minimum Gasteiger partial charge on any atom is -0.492 e. The standard InChI is InChI=1S/C24H29N3O4/c1-3-30-21-12-8-7-11-20(21)25-22-18-9-5-6-10-19(18)23(28)27(22)17-13-15-26(16-14-17)24(29)31-4-2/h5-12,17,22,25H,3-4,13-16H2,1-2H3/t22-/m1/s1. The molecule has 164 valence electrons. The molecule has 0 aliphatic carbocycles. The minimum atomic E-state index is -0.288. The van der Waals surface area contributed by atoms with Crippen LogP contribution in [0.4, 0.5) is 10.5 Å². The Morgan fingerprint density at radius 2 is 1.74 bits per heavy atom. The Morgan fingerprint density at radius 3 is 2.48 bits per heavy atom. The molecule has 0 saturated carbocycles. The number of hydrogen-bond acceptors (Lipinski definition) is 5. The maximum atomic E-state index is 13.4. The molecule has 4 rings (SSSR count). The molecule has 2 aliphatic heterocycles. The number of piperidine rings is 1. The van der Waals surface area contributed by atoms with Crippen molar-refractivity contribution >= 4 is 17.7 Å². The van der Waals surface area contributed by atoms with E-state index in [1.54, 1.807) is 11.8 Å². The lowest BCUT2D eigenvalue weighted by Gasteiger charge is -2.39. The van der Waals surface area contributed by atoms with Crippen LogP contribution in [0.15, 0.2) is 48.5 Å². The van der Waals surface area contributed by atoms with Gasteiger partial charge in [0.15, 0.2) is 0 Å². The maximum Gasteiger partial charge on any atom is 0.409 e. The van der Waals surface area contributed by atoms with Crippen LogP contribution in [0.3, 0.4) is 0 Å². The summed E-state index contributed by atoms with van der Waals surface area (Å²) in [5.74, 6) is 0.787. The van der Waals surface area contributed by atoms with Crippen molar-refractivity contribution in [2.45, 2.75) is 38.9 Å². The van der Waals surface area contributed by atoms with Crippen LogP contribution in [-0.2, 0) is 4.74 Å². The average molecular weight is 424 g/mol. The number of para-hydroxylation sites is 2. The fourth-order valence-electron chi connectivity index (χ4n) is 4.42. The van der Waals surface area contributed by atoms with Gasteiger partial charge in [-0.05, 0) is 44.9 Å². The van der Waals surface area contributed by atoms with Gasteiger partial charge >= 0.3 is 6.09 Å². The van der Waals surface area contributed by atoms with Gasteiger partial charge < -0.3 is 24.6 Å². The number of nitrogens with zero attached hydrogens (tertiary/aromatic N) is 2. The molecule has 7 nitrogen and oxygen atoms in total. The van der Waals surface area contributed by atoms with Crippen molar-refractivity contribution in [2.24, 2.45) is 0 Å². The fraction of sp³-hybridized carbons (Fsp3) is 0.417. The highest BCUT2D eigenvalue weighted by molar-refractivity contribution is 5.99. The molecule has 2 amide bonds. The van der Waals surface area contributed by atoms with E-state index in [1.165, 1.54) is 0 Å². The van der Waals surface area contributed by atoms with Gasteiger partial charge in [-0.3, -0.25) is 4.79 Å². The predicted octanol–water partition coefficient (Wildman–Crippen LogP) is 4.27. The number of rotatable bonds is 6. The first kappa shape index (κ1) is 21.0. The molecule has 1 N–H and O–H groups in total. The third-order valence-electron chi connectivity index (χ3n) is 5.86. The topological polar surface area (TPSA) is 71.1 Å². The molecule has 7 heteroatoms. The van der Waals surface area contributed by atoms with Gasteiger partial charge in [-0.1, -0.05) is 30.3 Å². The quantitative estimate of drug-likeness (QED) is 0.751. The van der Waals surface area contributed by atoms with Crippen LogP contribution in [0.1, 0.15) is 48.8 Å². The van der Waals surface area contributed by atoms with Gasteiger partial charge in [-0.15, -0.1) is 0 Å². The van der Waals surface area contributed by atoms with Gasteiger partial charge in [-0.2, -0.15) is 0 Å². The van der Waals surface area contributed by atoms with E-state index in [0.717, 1.165) is 22.6 Å². The Hall–Kier alpha value is -3.22. The number of likely N-dealkylation sites (tertiary alicyclic amines) is 1. The number of carbonyl (C=O) groups excluding carboxylic acids is 2. The summed E-state index contributed by atoms with van der Waals surface area (Å²) in [6.07, 6.45) is 0.856. The molecule has 0 spiro atoms. The van der Waals surface area contributed by atoms with Crippen LogP contribution in [0.25, 0.3) is 0 Å². The molecule has 1 fully saturated rings. The van der Waals surface area contributed by atoms with Crippen molar-refractivity contribution in [3.63, 3.8) is 0 Å². The van der Waals surface area contributed by atoms with E-state index in [-0.39, 0.29) is 24.2 Å². The summed E-state index contributed by atoms with van der Waals surface area (Å²) in [4.78, 5) is 29.1. The zero-order chi connectivity index (χ0) is 21.8. The number of hydrogen-bond donors (Lipinski definition) is 1. The highest BCUT2D eigenvalue weighted by Gasteiger charge is 2.42. The highest BCUT2D eigenvalue weighted by atomic mass is 16.6. The van der Waals surface area contributed by atoms with Gasteiger partial charge in [0.1, 0.15) is 11.9 Å². The van der Waals surface area contributed by atoms with Crippen molar-refractivity contribution in [1.82, 2.24) is 9.80 Å². The Kier molecular flexibility index (Phi) is 6.30. The molecule has 1 atom stereocenters. The predicted molar refractivity (Wildman–Crippen MR) is 118 cm³/mol. The zero-order valence-electron chi connectivity index (χ0n) is 18.0. The molecule has 0 radical (unpaired) electrons. The zero-order valence-corrected chi connectivity index (χ0v) is 18.0. The highest BCUT2D eigenvalue weighted by Crippen LogP contribution is 2.39. The number of anilines is 1. The summed E-state index contributed by atoms with van der Waals surface area (Å²) in [5, 5.41) is 3.56. The second kappa shape index (κ2) is 9.29. The Morgan fingerprint density at radius 1 is 1.03 bits per heavy atom. The molecule has 31 heavy (non-hydrogen) atoms. The van der Waals surface area contributed by atoms with E-state index in [0.29, 0.717) is 39.1 Å². The van der Waals surface area contributed by atoms with Gasteiger partial charge in [0.2, 0.25) is 0 Å². The number of fused-ring (bicyclic) bond motifs is 1. The van der Waals surface area contributed by atoms with Gasteiger partial charge in [0, 0.05) is 30.3 Å². The molecule has 0 aromatic heterocycles. The number of benzene rings is 2. The second-order valence-electron chi connectivity index (χ2n) is 7.69. The van der Waals surface area contributed by atoms with E-state index < -0.39 is 0 Å². The van der Waals surface area contributed by atoms with Gasteiger partial charge in [-0.25, -0.2) is 4.79 Å².